The lowest BCUT2D eigenvalue weighted by molar-refractivity contribution is -0.138. The van der Waals surface area contributed by atoms with Crippen molar-refractivity contribution in [2.24, 2.45) is 5.92 Å². The molecule has 1 atom stereocenters. The van der Waals surface area contributed by atoms with Gasteiger partial charge >= 0.3 is 0 Å². The van der Waals surface area contributed by atoms with E-state index in [4.69, 9.17) is 0 Å². The zero-order chi connectivity index (χ0) is 21.4. The second-order valence-corrected chi connectivity index (χ2v) is 8.98. The van der Waals surface area contributed by atoms with Crippen LogP contribution in [-0.4, -0.2) is 35.1 Å². The van der Waals surface area contributed by atoms with Crippen LogP contribution in [0.3, 0.4) is 0 Å². The Kier molecular flexibility index (Phi) is 8.77. The topological polar surface area (TPSA) is 49.4 Å². The Morgan fingerprint density at radius 1 is 1.00 bits per heavy atom. The molecule has 2 aromatic rings. The average molecular weight is 413 g/mol. The van der Waals surface area contributed by atoms with Gasteiger partial charge in [0.05, 0.1) is 5.75 Å². The van der Waals surface area contributed by atoms with E-state index < -0.39 is 6.04 Å². The molecule has 0 aliphatic heterocycles. The van der Waals surface area contributed by atoms with E-state index in [1.54, 1.807) is 11.8 Å². The first-order valence-electron chi connectivity index (χ1n) is 10.1. The highest BCUT2D eigenvalue weighted by Gasteiger charge is 2.26. The Balaban J connectivity index is 2.12. The maximum absolute atomic E-state index is 13.1. The molecule has 4 nitrogen and oxygen atoms in total. The molecule has 1 N–H and O–H groups in total. The average Bonchev–Trinajstić information content (AvgIpc) is 2.69. The SMILES string of the molecule is Cc1ccc(SCC(=O)N(Cc2cccc(C)c2)C(C)C(=O)NCC(C)C)cc1. The molecular weight excluding hydrogens is 380 g/mol. The molecule has 0 spiro atoms. The van der Waals surface area contributed by atoms with Crippen LogP contribution in [0.5, 0.6) is 0 Å². The molecule has 0 saturated carbocycles. The molecule has 1 unspecified atom stereocenters. The van der Waals surface area contributed by atoms with Crippen molar-refractivity contribution in [3.63, 3.8) is 0 Å². The highest BCUT2D eigenvalue weighted by atomic mass is 32.2. The second kappa shape index (κ2) is 11.1. The van der Waals surface area contributed by atoms with Gasteiger partial charge in [0.25, 0.3) is 0 Å². The number of nitrogens with one attached hydrogen (secondary N) is 1. The summed E-state index contributed by atoms with van der Waals surface area (Å²) in [5.74, 6) is 0.518. The Hall–Kier alpha value is -2.27. The van der Waals surface area contributed by atoms with Crippen LogP contribution in [-0.2, 0) is 16.1 Å². The van der Waals surface area contributed by atoms with Crippen LogP contribution in [0.1, 0.15) is 37.5 Å². The second-order valence-electron chi connectivity index (χ2n) is 7.93. The first kappa shape index (κ1) is 23.0. The van der Waals surface area contributed by atoms with Gasteiger partial charge in [0.2, 0.25) is 11.8 Å². The molecule has 2 rings (SSSR count). The lowest BCUT2D eigenvalue weighted by Crippen LogP contribution is -2.48. The summed E-state index contributed by atoms with van der Waals surface area (Å²) in [7, 11) is 0. The Bertz CT molecular complexity index is 818. The van der Waals surface area contributed by atoms with Crippen LogP contribution in [0, 0.1) is 19.8 Å². The van der Waals surface area contributed by atoms with E-state index in [0.29, 0.717) is 24.8 Å². The number of hydrogen-bond donors (Lipinski definition) is 1. The molecule has 0 aromatic heterocycles. The van der Waals surface area contributed by atoms with Crippen molar-refractivity contribution in [2.45, 2.75) is 52.1 Å². The Labute approximate surface area is 179 Å². The summed E-state index contributed by atoms with van der Waals surface area (Å²) >= 11 is 1.50. The van der Waals surface area contributed by atoms with Crippen molar-refractivity contribution in [3.8, 4) is 0 Å². The van der Waals surface area contributed by atoms with Gasteiger partial charge in [-0.2, -0.15) is 0 Å². The fourth-order valence-corrected chi connectivity index (χ4v) is 3.69. The molecule has 0 radical (unpaired) electrons. The van der Waals surface area contributed by atoms with E-state index in [0.717, 1.165) is 16.0 Å². The molecule has 2 amide bonds. The minimum Gasteiger partial charge on any atom is -0.354 e. The van der Waals surface area contributed by atoms with Gasteiger partial charge in [-0.15, -0.1) is 11.8 Å². The van der Waals surface area contributed by atoms with Gasteiger partial charge in [0.15, 0.2) is 0 Å². The van der Waals surface area contributed by atoms with E-state index in [1.165, 1.54) is 17.3 Å². The normalized spacial score (nSPS) is 11.9. The van der Waals surface area contributed by atoms with Gasteiger partial charge in [0, 0.05) is 18.0 Å². The standard InChI is InChI=1S/C24H32N2O2S/c1-17(2)14-25-24(28)20(5)26(15-21-8-6-7-19(4)13-21)23(27)16-29-22-11-9-18(3)10-12-22/h6-13,17,20H,14-16H2,1-5H3,(H,25,28). The number of amides is 2. The first-order chi connectivity index (χ1) is 13.8. The third kappa shape index (κ3) is 7.58. The van der Waals surface area contributed by atoms with Crippen molar-refractivity contribution >= 4 is 23.6 Å². The molecule has 5 heteroatoms. The summed E-state index contributed by atoms with van der Waals surface area (Å²) in [6.45, 7) is 11.0. The van der Waals surface area contributed by atoms with Crippen molar-refractivity contribution in [1.29, 1.82) is 0 Å². The summed E-state index contributed by atoms with van der Waals surface area (Å²) in [6, 6.07) is 15.7. The van der Waals surface area contributed by atoms with Crippen molar-refractivity contribution in [1.82, 2.24) is 10.2 Å². The van der Waals surface area contributed by atoms with E-state index >= 15 is 0 Å². The zero-order valence-electron chi connectivity index (χ0n) is 18.1. The number of nitrogens with zero attached hydrogens (tertiary/aromatic N) is 1. The molecule has 156 valence electrons. The van der Waals surface area contributed by atoms with Crippen LogP contribution in [0.25, 0.3) is 0 Å². The quantitative estimate of drug-likeness (QED) is 0.613. The molecule has 0 fully saturated rings. The third-order valence-corrected chi connectivity index (χ3v) is 5.67. The molecule has 0 heterocycles. The number of carbonyl (C=O) groups is 2. The molecule has 0 aliphatic rings. The molecule has 0 bridgehead atoms. The predicted molar refractivity (Wildman–Crippen MR) is 121 cm³/mol. The van der Waals surface area contributed by atoms with E-state index in [-0.39, 0.29) is 11.8 Å². The highest BCUT2D eigenvalue weighted by Crippen LogP contribution is 2.20. The van der Waals surface area contributed by atoms with Gasteiger partial charge in [-0.3, -0.25) is 9.59 Å². The van der Waals surface area contributed by atoms with Gasteiger partial charge in [-0.1, -0.05) is 61.4 Å². The molecule has 29 heavy (non-hydrogen) atoms. The summed E-state index contributed by atoms with van der Waals surface area (Å²) in [5, 5.41) is 2.95. The molecular formula is C24H32N2O2S. The van der Waals surface area contributed by atoms with Gasteiger partial charge in [0.1, 0.15) is 6.04 Å². The van der Waals surface area contributed by atoms with Crippen LogP contribution in [0.15, 0.2) is 53.4 Å². The number of carbonyl (C=O) groups excluding carboxylic acids is 2. The highest BCUT2D eigenvalue weighted by molar-refractivity contribution is 8.00. The lowest BCUT2D eigenvalue weighted by atomic mass is 10.1. The predicted octanol–water partition coefficient (Wildman–Crippen LogP) is 4.59. The van der Waals surface area contributed by atoms with Gasteiger partial charge in [-0.25, -0.2) is 0 Å². The van der Waals surface area contributed by atoms with E-state index in [9.17, 15) is 9.59 Å². The van der Waals surface area contributed by atoms with Crippen molar-refractivity contribution < 1.29 is 9.59 Å². The number of hydrogen-bond acceptors (Lipinski definition) is 3. The number of rotatable bonds is 9. The smallest absolute Gasteiger partial charge is 0.242 e. The maximum Gasteiger partial charge on any atom is 0.242 e. The Morgan fingerprint density at radius 3 is 2.31 bits per heavy atom. The number of benzene rings is 2. The van der Waals surface area contributed by atoms with Crippen LogP contribution >= 0.6 is 11.8 Å². The van der Waals surface area contributed by atoms with Crippen LogP contribution in [0.2, 0.25) is 0 Å². The fourth-order valence-electron chi connectivity index (χ4n) is 2.90. The van der Waals surface area contributed by atoms with Crippen molar-refractivity contribution in [2.75, 3.05) is 12.3 Å². The zero-order valence-corrected chi connectivity index (χ0v) is 18.9. The fraction of sp³-hybridized carbons (Fsp3) is 0.417. The van der Waals surface area contributed by atoms with E-state index in [1.807, 2.05) is 56.3 Å². The summed E-state index contributed by atoms with van der Waals surface area (Å²) in [6.07, 6.45) is 0. The Morgan fingerprint density at radius 2 is 1.69 bits per heavy atom. The summed E-state index contributed by atoms with van der Waals surface area (Å²) < 4.78 is 0. The first-order valence-corrected chi connectivity index (χ1v) is 11.1. The lowest BCUT2D eigenvalue weighted by Gasteiger charge is -2.29. The molecule has 0 saturated heterocycles. The van der Waals surface area contributed by atoms with Crippen LogP contribution in [0.4, 0.5) is 0 Å². The van der Waals surface area contributed by atoms with Crippen molar-refractivity contribution in [3.05, 3.63) is 65.2 Å². The molecule has 0 aliphatic carbocycles. The largest absolute Gasteiger partial charge is 0.354 e. The minimum absolute atomic E-state index is 0.0377. The third-order valence-electron chi connectivity index (χ3n) is 4.67. The number of thioether (sulfide) groups is 1. The number of aryl methyl sites for hydroxylation is 2. The van der Waals surface area contributed by atoms with E-state index in [2.05, 4.69) is 25.2 Å². The van der Waals surface area contributed by atoms with Gasteiger partial charge in [-0.05, 0) is 44.4 Å². The van der Waals surface area contributed by atoms with Crippen LogP contribution < -0.4 is 5.32 Å². The summed E-state index contributed by atoms with van der Waals surface area (Å²) in [5.41, 5.74) is 3.36. The molecule has 2 aromatic carbocycles. The maximum atomic E-state index is 13.1. The monoisotopic (exact) mass is 412 g/mol. The summed E-state index contributed by atoms with van der Waals surface area (Å²) in [4.78, 5) is 28.5. The van der Waals surface area contributed by atoms with Gasteiger partial charge < -0.3 is 10.2 Å². The minimum atomic E-state index is -0.527.